The van der Waals surface area contributed by atoms with E-state index in [1.807, 2.05) is 9.47 Å². The van der Waals surface area contributed by atoms with Crippen LogP contribution in [0.5, 0.6) is 0 Å². The first-order valence-electron chi connectivity index (χ1n) is 8.21. The fourth-order valence-electron chi connectivity index (χ4n) is 3.53. The smallest absolute Gasteiger partial charge is 0.242 e. The molecule has 1 aliphatic carbocycles. The number of nitrogens with one attached hydrogen (secondary N) is 1. The van der Waals surface area contributed by atoms with E-state index >= 15 is 0 Å². The zero-order valence-electron chi connectivity index (χ0n) is 13.2. The zero-order valence-corrected chi connectivity index (χ0v) is 13.2. The number of carbonyl (C=O) groups excluding carboxylic acids is 2. The molecule has 1 aliphatic heterocycles. The third-order valence-electron chi connectivity index (χ3n) is 4.81. The van der Waals surface area contributed by atoms with Gasteiger partial charge in [0.1, 0.15) is 6.54 Å². The summed E-state index contributed by atoms with van der Waals surface area (Å²) in [4.78, 5) is 30.6. The van der Waals surface area contributed by atoms with Gasteiger partial charge < -0.3 is 14.8 Å². The van der Waals surface area contributed by atoms with E-state index in [0.29, 0.717) is 13.1 Å². The first-order valence-corrected chi connectivity index (χ1v) is 8.21. The van der Waals surface area contributed by atoms with Gasteiger partial charge in [0.15, 0.2) is 0 Å². The molecule has 0 saturated carbocycles. The van der Waals surface area contributed by atoms with E-state index in [4.69, 9.17) is 0 Å². The van der Waals surface area contributed by atoms with E-state index < -0.39 is 0 Å². The molecular formula is C16H24N4O2. The van der Waals surface area contributed by atoms with Crippen LogP contribution >= 0.6 is 0 Å². The van der Waals surface area contributed by atoms with Gasteiger partial charge in [0.05, 0.1) is 17.9 Å². The minimum atomic E-state index is -0.0700. The number of hydrogen-bond acceptors (Lipinski definition) is 3. The second-order valence-corrected chi connectivity index (χ2v) is 6.27. The van der Waals surface area contributed by atoms with Crippen molar-refractivity contribution in [1.82, 2.24) is 19.8 Å². The molecule has 1 N–H and O–H groups in total. The van der Waals surface area contributed by atoms with E-state index in [9.17, 15) is 9.59 Å². The Kier molecular flexibility index (Phi) is 4.45. The Bertz CT molecular complexity index is 566. The highest BCUT2D eigenvalue weighted by atomic mass is 16.2. The molecular weight excluding hydrogens is 280 g/mol. The van der Waals surface area contributed by atoms with Crippen LogP contribution in [0.15, 0.2) is 6.33 Å². The molecule has 6 heteroatoms. The van der Waals surface area contributed by atoms with Crippen molar-refractivity contribution in [1.29, 1.82) is 0 Å². The highest BCUT2D eigenvalue weighted by Gasteiger charge is 2.28. The van der Waals surface area contributed by atoms with Crippen molar-refractivity contribution in [2.24, 2.45) is 5.92 Å². The Morgan fingerprint density at radius 3 is 2.95 bits per heavy atom. The van der Waals surface area contributed by atoms with Crippen LogP contribution < -0.4 is 5.32 Å². The third kappa shape index (κ3) is 3.00. The second kappa shape index (κ2) is 6.50. The molecule has 1 atom stereocenters. The topological polar surface area (TPSA) is 67.2 Å². The van der Waals surface area contributed by atoms with Crippen molar-refractivity contribution in [3.8, 4) is 0 Å². The molecule has 6 nitrogen and oxygen atoms in total. The third-order valence-corrected chi connectivity index (χ3v) is 4.81. The quantitative estimate of drug-likeness (QED) is 0.896. The molecule has 2 heterocycles. The number of rotatable bonds is 3. The summed E-state index contributed by atoms with van der Waals surface area (Å²) in [6.07, 6.45) is 7.97. The van der Waals surface area contributed by atoms with Crippen LogP contribution in [0.4, 0.5) is 0 Å². The average Bonchev–Trinajstić information content (AvgIpc) is 2.97. The molecule has 0 spiro atoms. The maximum absolute atomic E-state index is 12.6. The predicted octanol–water partition coefficient (Wildman–Crippen LogP) is 0.746. The molecule has 1 saturated heterocycles. The molecule has 0 unspecified atom stereocenters. The summed E-state index contributed by atoms with van der Waals surface area (Å²) in [5, 5.41) is 2.69. The largest absolute Gasteiger partial charge is 0.359 e. The van der Waals surface area contributed by atoms with Gasteiger partial charge in [0, 0.05) is 25.8 Å². The number of aromatic nitrogens is 2. The summed E-state index contributed by atoms with van der Waals surface area (Å²) in [5.74, 6) is 0.0660. The average molecular weight is 304 g/mol. The molecule has 0 radical (unpaired) electrons. The first-order chi connectivity index (χ1) is 10.7. The summed E-state index contributed by atoms with van der Waals surface area (Å²) in [5.41, 5.74) is 2.38. The lowest BCUT2D eigenvalue weighted by atomic mass is 9.97. The number of aryl methyl sites for hydroxylation is 1. The van der Waals surface area contributed by atoms with E-state index in [1.165, 1.54) is 18.5 Å². The molecule has 22 heavy (non-hydrogen) atoms. The monoisotopic (exact) mass is 304 g/mol. The van der Waals surface area contributed by atoms with Gasteiger partial charge in [-0.3, -0.25) is 9.59 Å². The lowest BCUT2D eigenvalue weighted by Gasteiger charge is -2.32. The van der Waals surface area contributed by atoms with Crippen LogP contribution in [0.1, 0.15) is 37.1 Å². The number of imidazole rings is 1. The normalized spacial score (nSPS) is 21.3. The summed E-state index contributed by atoms with van der Waals surface area (Å²) >= 11 is 0. The van der Waals surface area contributed by atoms with Crippen LogP contribution in [0, 0.1) is 5.92 Å². The minimum absolute atomic E-state index is 0.0394. The lowest BCUT2D eigenvalue weighted by Crippen LogP contribution is -2.45. The summed E-state index contributed by atoms with van der Waals surface area (Å²) in [6.45, 7) is 1.64. The second-order valence-electron chi connectivity index (χ2n) is 6.27. The van der Waals surface area contributed by atoms with E-state index in [2.05, 4.69) is 10.3 Å². The van der Waals surface area contributed by atoms with Gasteiger partial charge in [0.2, 0.25) is 11.8 Å². The van der Waals surface area contributed by atoms with Gasteiger partial charge in [0.25, 0.3) is 0 Å². The first kappa shape index (κ1) is 15.1. The SMILES string of the molecule is CNC(=O)[C@H]1CCCN(C(=O)Cn2cnc3c2CCCC3)C1. The van der Waals surface area contributed by atoms with Gasteiger partial charge in [-0.15, -0.1) is 0 Å². The summed E-state index contributed by atoms with van der Waals surface area (Å²) in [7, 11) is 1.65. The number of carbonyl (C=O) groups is 2. The van der Waals surface area contributed by atoms with Crippen LogP contribution in [-0.4, -0.2) is 46.4 Å². The predicted molar refractivity (Wildman–Crippen MR) is 82.2 cm³/mol. The van der Waals surface area contributed by atoms with Crippen molar-refractivity contribution < 1.29 is 9.59 Å². The number of likely N-dealkylation sites (tertiary alicyclic amines) is 1. The van der Waals surface area contributed by atoms with Gasteiger partial charge >= 0.3 is 0 Å². The van der Waals surface area contributed by atoms with Crippen molar-refractivity contribution in [2.75, 3.05) is 20.1 Å². The van der Waals surface area contributed by atoms with Crippen LogP contribution in [0.25, 0.3) is 0 Å². The number of hydrogen-bond donors (Lipinski definition) is 1. The highest BCUT2D eigenvalue weighted by Crippen LogP contribution is 2.21. The Labute approximate surface area is 130 Å². The molecule has 120 valence electrons. The molecule has 1 aromatic heterocycles. The van der Waals surface area contributed by atoms with Gasteiger partial charge in [-0.25, -0.2) is 4.98 Å². The highest BCUT2D eigenvalue weighted by molar-refractivity contribution is 5.81. The van der Waals surface area contributed by atoms with Gasteiger partial charge in [-0.2, -0.15) is 0 Å². The number of piperidine rings is 1. The van der Waals surface area contributed by atoms with Crippen molar-refractivity contribution >= 4 is 11.8 Å². The lowest BCUT2D eigenvalue weighted by molar-refractivity contribution is -0.136. The number of amides is 2. The Morgan fingerprint density at radius 2 is 2.14 bits per heavy atom. The molecule has 0 bridgehead atoms. The van der Waals surface area contributed by atoms with E-state index in [1.54, 1.807) is 13.4 Å². The molecule has 0 aromatic carbocycles. The summed E-state index contributed by atoms with van der Waals surface area (Å²) < 4.78 is 2.00. The maximum Gasteiger partial charge on any atom is 0.242 e. The van der Waals surface area contributed by atoms with Crippen LogP contribution in [0.2, 0.25) is 0 Å². The molecule has 1 aromatic rings. The van der Waals surface area contributed by atoms with E-state index in [-0.39, 0.29) is 17.7 Å². The Hall–Kier alpha value is -1.85. The Balaban J connectivity index is 1.64. The number of fused-ring (bicyclic) bond motifs is 1. The molecule has 1 fully saturated rings. The Morgan fingerprint density at radius 1 is 1.32 bits per heavy atom. The fourth-order valence-corrected chi connectivity index (χ4v) is 3.53. The molecule has 3 rings (SSSR count). The molecule has 2 aliphatic rings. The van der Waals surface area contributed by atoms with E-state index in [0.717, 1.165) is 37.9 Å². The van der Waals surface area contributed by atoms with Crippen molar-refractivity contribution in [3.63, 3.8) is 0 Å². The molecule has 2 amide bonds. The number of nitrogens with zero attached hydrogens (tertiary/aromatic N) is 3. The fraction of sp³-hybridized carbons (Fsp3) is 0.688. The maximum atomic E-state index is 12.6. The van der Waals surface area contributed by atoms with Gasteiger partial charge in [-0.1, -0.05) is 0 Å². The van der Waals surface area contributed by atoms with Crippen molar-refractivity contribution in [2.45, 2.75) is 45.1 Å². The zero-order chi connectivity index (χ0) is 15.5. The van der Waals surface area contributed by atoms with Crippen molar-refractivity contribution in [3.05, 3.63) is 17.7 Å². The van der Waals surface area contributed by atoms with Gasteiger partial charge in [-0.05, 0) is 38.5 Å². The van der Waals surface area contributed by atoms with Crippen LogP contribution in [-0.2, 0) is 29.0 Å². The standard InChI is InChI=1S/C16H24N4O2/c1-17-16(22)12-5-4-8-19(9-12)15(21)10-20-11-18-13-6-2-3-7-14(13)20/h11-12H,2-10H2,1H3,(H,17,22)/t12-/m0/s1. The summed E-state index contributed by atoms with van der Waals surface area (Å²) in [6, 6.07) is 0. The minimum Gasteiger partial charge on any atom is -0.359 e. The van der Waals surface area contributed by atoms with Crippen LogP contribution in [0.3, 0.4) is 0 Å².